The van der Waals surface area contributed by atoms with Crippen LogP contribution in [-0.2, 0) is 4.79 Å². The monoisotopic (exact) mass is 374 g/mol. The lowest BCUT2D eigenvalue weighted by Crippen LogP contribution is -2.39. The summed E-state index contributed by atoms with van der Waals surface area (Å²) in [5.74, 6) is 6.81. The number of nitrogens with zero attached hydrogens (tertiary/aromatic N) is 2. The molecule has 1 aromatic heterocycles. The number of carbonyl (C=O) groups excluding carboxylic acids is 1. The SMILES string of the molecule is CC#Cc1cc(Cl)ccc1NC(C)C(=O)NC(C)c1nc(C(C)C)no1. The van der Waals surface area contributed by atoms with Gasteiger partial charge in [0.25, 0.3) is 0 Å². The minimum Gasteiger partial charge on any atom is -0.373 e. The summed E-state index contributed by atoms with van der Waals surface area (Å²) in [5, 5.41) is 10.5. The zero-order chi connectivity index (χ0) is 19.3. The smallest absolute Gasteiger partial charge is 0.248 e. The first-order valence-electron chi connectivity index (χ1n) is 8.44. The van der Waals surface area contributed by atoms with Crippen LogP contribution in [-0.4, -0.2) is 22.1 Å². The zero-order valence-corrected chi connectivity index (χ0v) is 16.3. The number of hydrogen-bond acceptors (Lipinski definition) is 5. The van der Waals surface area contributed by atoms with E-state index in [1.807, 2.05) is 19.9 Å². The number of anilines is 1. The number of nitrogens with one attached hydrogen (secondary N) is 2. The van der Waals surface area contributed by atoms with Crippen molar-refractivity contribution in [2.45, 2.75) is 52.6 Å². The molecule has 1 aromatic carbocycles. The predicted octanol–water partition coefficient (Wildman–Crippen LogP) is 3.90. The van der Waals surface area contributed by atoms with E-state index in [1.54, 1.807) is 32.9 Å². The van der Waals surface area contributed by atoms with Crippen LogP contribution in [0.25, 0.3) is 0 Å². The predicted molar refractivity (Wildman–Crippen MR) is 102 cm³/mol. The van der Waals surface area contributed by atoms with Gasteiger partial charge in [-0.05, 0) is 39.0 Å². The summed E-state index contributed by atoms with van der Waals surface area (Å²) in [6.07, 6.45) is 0. The molecule has 0 aliphatic carbocycles. The Morgan fingerprint density at radius 3 is 2.62 bits per heavy atom. The molecular formula is C19H23ClN4O2. The fraction of sp³-hybridized carbons (Fsp3) is 0.421. The van der Waals surface area contributed by atoms with Gasteiger partial charge in [0.1, 0.15) is 12.1 Å². The number of halogens is 1. The third-order valence-electron chi connectivity index (χ3n) is 3.71. The van der Waals surface area contributed by atoms with Gasteiger partial charge >= 0.3 is 0 Å². The van der Waals surface area contributed by atoms with Crippen LogP contribution >= 0.6 is 11.6 Å². The van der Waals surface area contributed by atoms with Gasteiger partial charge in [-0.2, -0.15) is 4.98 Å². The van der Waals surface area contributed by atoms with Gasteiger partial charge in [-0.1, -0.05) is 36.5 Å². The molecule has 2 atom stereocenters. The second-order valence-electron chi connectivity index (χ2n) is 6.31. The molecule has 2 aromatic rings. The van der Waals surface area contributed by atoms with Crippen molar-refractivity contribution < 1.29 is 9.32 Å². The summed E-state index contributed by atoms with van der Waals surface area (Å²) in [7, 11) is 0. The number of amides is 1. The number of hydrogen-bond donors (Lipinski definition) is 2. The van der Waals surface area contributed by atoms with Crippen molar-refractivity contribution in [3.8, 4) is 11.8 Å². The molecule has 1 amide bonds. The molecule has 0 bridgehead atoms. The van der Waals surface area contributed by atoms with E-state index in [2.05, 4.69) is 32.6 Å². The minimum absolute atomic E-state index is 0.166. The Morgan fingerprint density at radius 2 is 2.00 bits per heavy atom. The highest BCUT2D eigenvalue weighted by Gasteiger charge is 2.21. The van der Waals surface area contributed by atoms with E-state index in [0.29, 0.717) is 16.7 Å². The van der Waals surface area contributed by atoms with Crippen LogP contribution in [0.1, 0.15) is 63.9 Å². The molecule has 1 heterocycles. The van der Waals surface area contributed by atoms with Gasteiger partial charge in [0.2, 0.25) is 11.8 Å². The lowest BCUT2D eigenvalue weighted by atomic mass is 10.1. The summed E-state index contributed by atoms with van der Waals surface area (Å²) in [6, 6.07) is 4.46. The maximum absolute atomic E-state index is 12.5. The fourth-order valence-electron chi connectivity index (χ4n) is 2.24. The van der Waals surface area contributed by atoms with Crippen molar-refractivity contribution in [2.24, 2.45) is 0 Å². The van der Waals surface area contributed by atoms with Crippen molar-refractivity contribution in [3.05, 3.63) is 40.5 Å². The lowest BCUT2D eigenvalue weighted by Gasteiger charge is -2.18. The first-order valence-corrected chi connectivity index (χ1v) is 8.82. The quantitative estimate of drug-likeness (QED) is 0.749. The standard InChI is InChI=1S/C19H23ClN4O2/c1-6-7-14-10-15(20)8-9-16(14)21-12(4)18(25)22-13(5)19-23-17(11(2)3)24-26-19/h8-13,21H,1-5H3,(H,22,25). The van der Waals surface area contributed by atoms with Crippen LogP contribution < -0.4 is 10.6 Å². The molecule has 0 saturated heterocycles. The molecule has 7 heteroatoms. The highest BCUT2D eigenvalue weighted by Crippen LogP contribution is 2.21. The van der Waals surface area contributed by atoms with Gasteiger partial charge in [-0.25, -0.2) is 0 Å². The second-order valence-corrected chi connectivity index (χ2v) is 6.74. The van der Waals surface area contributed by atoms with Crippen LogP contribution in [0.2, 0.25) is 5.02 Å². The van der Waals surface area contributed by atoms with Crippen molar-refractivity contribution in [2.75, 3.05) is 5.32 Å². The summed E-state index contributed by atoms with van der Waals surface area (Å²) in [6.45, 7) is 9.28. The topological polar surface area (TPSA) is 80.0 Å². The van der Waals surface area contributed by atoms with Crippen LogP contribution in [0, 0.1) is 11.8 Å². The van der Waals surface area contributed by atoms with E-state index in [-0.39, 0.29) is 17.9 Å². The second kappa shape index (κ2) is 8.72. The van der Waals surface area contributed by atoms with Gasteiger partial charge in [-0.3, -0.25) is 4.79 Å². The van der Waals surface area contributed by atoms with E-state index < -0.39 is 6.04 Å². The number of carbonyl (C=O) groups is 1. The molecule has 138 valence electrons. The zero-order valence-electron chi connectivity index (χ0n) is 15.6. The van der Waals surface area contributed by atoms with Gasteiger partial charge in [-0.15, -0.1) is 5.92 Å². The molecule has 0 fully saturated rings. The molecule has 6 nitrogen and oxygen atoms in total. The van der Waals surface area contributed by atoms with Crippen LogP contribution in [0.3, 0.4) is 0 Å². The molecule has 0 saturated carbocycles. The minimum atomic E-state index is -0.483. The third-order valence-corrected chi connectivity index (χ3v) is 3.94. The molecule has 2 unspecified atom stereocenters. The van der Waals surface area contributed by atoms with Gasteiger partial charge < -0.3 is 15.2 Å². The Kier molecular flexibility index (Phi) is 6.64. The van der Waals surface area contributed by atoms with Crippen LogP contribution in [0.5, 0.6) is 0 Å². The average molecular weight is 375 g/mol. The molecule has 2 rings (SSSR count). The summed E-state index contributed by atoms with van der Waals surface area (Å²) in [5.41, 5.74) is 1.49. The Balaban J connectivity index is 2.04. The summed E-state index contributed by atoms with van der Waals surface area (Å²) < 4.78 is 5.22. The van der Waals surface area contributed by atoms with Crippen molar-refractivity contribution >= 4 is 23.2 Å². The Labute approximate surface area is 158 Å². The first kappa shape index (κ1) is 19.8. The Bertz CT molecular complexity index is 836. The van der Waals surface area contributed by atoms with Gasteiger partial charge in [0.15, 0.2) is 5.82 Å². The molecular weight excluding hydrogens is 352 g/mol. The van der Waals surface area contributed by atoms with E-state index in [1.165, 1.54) is 0 Å². The number of rotatable bonds is 6. The summed E-state index contributed by atoms with van der Waals surface area (Å²) >= 11 is 6.01. The van der Waals surface area contributed by atoms with Gasteiger partial charge in [0.05, 0.1) is 5.69 Å². The highest BCUT2D eigenvalue weighted by atomic mass is 35.5. The molecule has 26 heavy (non-hydrogen) atoms. The maximum atomic E-state index is 12.5. The van der Waals surface area contributed by atoms with Crippen LogP contribution in [0.15, 0.2) is 22.7 Å². The molecule has 0 aliphatic rings. The molecule has 2 N–H and O–H groups in total. The highest BCUT2D eigenvalue weighted by molar-refractivity contribution is 6.30. The van der Waals surface area contributed by atoms with Gasteiger partial charge in [0, 0.05) is 16.5 Å². The largest absolute Gasteiger partial charge is 0.373 e. The Hall–Kier alpha value is -2.52. The van der Waals surface area contributed by atoms with Crippen molar-refractivity contribution in [1.29, 1.82) is 0 Å². The fourth-order valence-corrected chi connectivity index (χ4v) is 2.41. The van der Waals surface area contributed by atoms with E-state index >= 15 is 0 Å². The summed E-state index contributed by atoms with van der Waals surface area (Å²) in [4.78, 5) is 16.8. The van der Waals surface area contributed by atoms with Crippen molar-refractivity contribution in [1.82, 2.24) is 15.5 Å². The van der Waals surface area contributed by atoms with E-state index in [4.69, 9.17) is 16.1 Å². The van der Waals surface area contributed by atoms with Crippen molar-refractivity contribution in [3.63, 3.8) is 0 Å². The molecule has 0 radical (unpaired) electrons. The molecule has 0 aliphatic heterocycles. The van der Waals surface area contributed by atoms with Crippen LogP contribution in [0.4, 0.5) is 5.69 Å². The maximum Gasteiger partial charge on any atom is 0.248 e. The first-order chi connectivity index (χ1) is 12.3. The number of aromatic nitrogens is 2. The normalized spacial score (nSPS) is 12.9. The van der Waals surface area contributed by atoms with E-state index in [0.717, 1.165) is 11.3 Å². The molecule has 0 spiro atoms. The van der Waals surface area contributed by atoms with E-state index in [9.17, 15) is 4.79 Å². The average Bonchev–Trinajstić information content (AvgIpc) is 3.08. The Morgan fingerprint density at radius 1 is 1.27 bits per heavy atom. The lowest BCUT2D eigenvalue weighted by molar-refractivity contribution is -0.122. The third kappa shape index (κ3) is 4.99. The number of benzene rings is 1.